The number of hydrogen-bond acceptors (Lipinski definition) is 4. The van der Waals surface area contributed by atoms with Gasteiger partial charge in [-0.25, -0.2) is 5.84 Å². The standard InChI is InChI=1S/C10H23N3O2/c1-9(8-14)13(2)7-5-3-4-6-10(15)12-11/h9,14H,3-8,11H2,1-2H3,(H,12,15). The van der Waals surface area contributed by atoms with E-state index in [0.717, 1.165) is 25.8 Å². The molecule has 0 aromatic rings. The van der Waals surface area contributed by atoms with Gasteiger partial charge in [-0.1, -0.05) is 6.42 Å². The Morgan fingerprint density at radius 3 is 2.67 bits per heavy atom. The van der Waals surface area contributed by atoms with E-state index in [1.54, 1.807) is 0 Å². The Morgan fingerprint density at radius 2 is 2.13 bits per heavy atom. The van der Waals surface area contributed by atoms with E-state index in [9.17, 15) is 4.79 Å². The van der Waals surface area contributed by atoms with Gasteiger partial charge in [0.25, 0.3) is 0 Å². The minimum absolute atomic E-state index is 0.105. The highest BCUT2D eigenvalue weighted by atomic mass is 16.3. The molecule has 0 rings (SSSR count). The van der Waals surface area contributed by atoms with Crippen molar-refractivity contribution in [1.29, 1.82) is 0 Å². The number of likely N-dealkylation sites (N-methyl/N-ethyl adjacent to an activating group) is 1. The van der Waals surface area contributed by atoms with E-state index in [4.69, 9.17) is 10.9 Å². The van der Waals surface area contributed by atoms with Crippen molar-refractivity contribution in [2.75, 3.05) is 20.2 Å². The summed E-state index contributed by atoms with van der Waals surface area (Å²) in [6, 6.07) is 0.206. The van der Waals surface area contributed by atoms with Gasteiger partial charge in [-0.05, 0) is 33.4 Å². The van der Waals surface area contributed by atoms with E-state index >= 15 is 0 Å². The lowest BCUT2D eigenvalue weighted by Crippen LogP contribution is -2.32. The molecule has 0 aromatic heterocycles. The number of hydrogen-bond donors (Lipinski definition) is 3. The maximum Gasteiger partial charge on any atom is 0.233 e. The second-order valence-electron chi connectivity index (χ2n) is 3.89. The van der Waals surface area contributed by atoms with E-state index in [-0.39, 0.29) is 18.6 Å². The van der Waals surface area contributed by atoms with E-state index in [0.29, 0.717) is 6.42 Å². The predicted octanol–water partition coefficient (Wildman–Crippen LogP) is -0.151. The van der Waals surface area contributed by atoms with Crippen LogP contribution in [0.4, 0.5) is 0 Å². The summed E-state index contributed by atoms with van der Waals surface area (Å²) in [6.07, 6.45) is 3.41. The van der Waals surface area contributed by atoms with Gasteiger partial charge in [-0.15, -0.1) is 0 Å². The molecule has 0 aliphatic rings. The molecule has 1 unspecified atom stereocenters. The van der Waals surface area contributed by atoms with Crippen LogP contribution in [-0.2, 0) is 4.79 Å². The topological polar surface area (TPSA) is 78.6 Å². The lowest BCUT2D eigenvalue weighted by Gasteiger charge is -2.22. The first kappa shape index (κ1) is 14.3. The molecule has 0 aromatic carbocycles. The average molecular weight is 217 g/mol. The molecule has 0 fully saturated rings. The van der Waals surface area contributed by atoms with Crippen molar-refractivity contribution in [2.24, 2.45) is 5.84 Å². The van der Waals surface area contributed by atoms with E-state index in [1.165, 1.54) is 0 Å². The monoisotopic (exact) mass is 217 g/mol. The van der Waals surface area contributed by atoms with Crippen LogP contribution in [0.15, 0.2) is 0 Å². The van der Waals surface area contributed by atoms with Gasteiger partial charge in [0.1, 0.15) is 0 Å². The first-order valence-electron chi connectivity index (χ1n) is 5.42. The largest absolute Gasteiger partial charge is 0.395 e. The van der Waals surface area contributed by atoms with Crippen molar-refractivity contribution >= 4 is 5.91 Å². The van der Waals surface area contributed by atoms with Crippen LogP contribution in [-0.4, -0.2) is 42.2 Å². The maximum atomic E-state index is 10.8. The molecule has 0 aliphatic heterocycles. The molecular weight excluding hydrogens is 194 g/mol. The van der Waals surface area contributed by atoms with Gasteiger partial charge in [0.05, 0.1) is 6.61 Å². The minimum Gasteiger partial charge on any atom is -0.395 e. The molecule has 0 heterocycles. The highest BCUT2D eigenvalue weighted by Gasteiger charge is 2.06. The Kier molecular flexibility index (Phi) is 8.27. The summed E-state index contributed by atoms with van der Waals surface area (Å²) in [7, 11) is 1.99. The van der Waals surface area contributed by atoms with Crippen LogP contribution in [0.5, 0.6) is 0 Å². The third kappa shape index (κ3) is 7.30. The Bertz CT molecular complexity index is 176. The second-order valence-corrected chi connectivity index (χ2v) is 3.89. The molecule has 0 aliphatic carbocycles. The highest BCUT2D eigenvalue weighted by Crippen LogP contribution is 2.03. The number of nitrogens with one attached hydrogen (secondary N) is 1. The fourth-order valence-corrected chi connectivity index (χ4v) is 1.26. The summed E-state index contributed by atoms with van der Waals surface area (Å²) in [5.74, 6) is 4.85. The van der Waals surface area contributed by atoms with Gasteiger partial charge in [0, 0.05) is 12.5 Å². The molecular formula is C10H23N3O2. The molecule has 0 radical (unpaired) electrons. The average Bonchev–Trinajstić information content (AvgIpc) is 2.26. The number of rotatable bonds is 8. The van der Waals surface area contributed by atoms with Crippen molar-refractivity contribution in [3.05, 3.63) is 0 Å². The van der Waals surface area contributed by atoms with E-state index < -0.39 is 0 Å². The summed E-state index contributed by atoms with van der Waals surface area (Å²) < 4.78 is 0. The Balaban J connectivity index is 3.34. The number of nitrogens with zero attached hydrogens (tertiary/aromatic N) is 1. The van der Waals surface area contributed by atoms with E-state index in [2.05, 4.69) is 10.3 Å². The lowest BCUT2D eigenvalue weighted by atomic mass is 10.1. The summed E-state index contributed by atoms with van der Waals surface area (Å²) in [6.45, 7) is 3.12. The van der Waals surface area contributed by atoms with Crippen LogP contribution >= 0.6 is 0 Å². The molecule has 4 N–H and O–H groups in total. The number of aliphatic hydroxyl groups is 1. The molecule has 0 saturated carbocycles. The predicted molar refractivity (Wildman–Crippen MR) is 60.0 cm³/mol. The number of amides is 1. The molecule has 15 heavy (non-hydrogen) atoms. The zero-order valence-electron chi connectivity index (χ0n) is 9.70. The van der Waals surface area contributed by atoms with Crippen LogP contribution in [0.25, 0.3) is 0 Å². The fourth-order valence-electron chi connectivity index (χ4n) is 1.26. The van der Waals surface area contributed by atoms with Crippen molar-refractivity contribution in [1.82, 2.24) is 10.3 Å². The maximum absolute atomic E-state index is 10.8. The Morgan fingerprint density at radius 1 is 1.47 bits per heavy atom. The van der Waals surface area contributed by atoms with Crippen LogP contribution in [0, 0.1) is 0 Å². The number of unbranched alkanes of at least 4 members (excludes halogenated alkanes) is 2. The molecule has 5 heteroatoms. The Hall–Kier alpha value is -0.650. The summed E-state index contributed by atoms with van der Waals surface area (Å²) in [5.41, 5.74) is 2.11. The quantitative estimate of drug-likeness (QED) is 0.229. The van der Waals surface area contributed by atoms with Crippen molar-refractivity contribution in [3.63, 3.8) is 0 Å². The van der Waals surface area contributed by atoms with Gasteiger partial charge in [-0.3, -0.25) is 10.2 Å². The molecule has 1 amide bonds. The van der Waals surface area contributed by atoms with Crippen LogP contribution in [0.1, 0.15) is 32.6 Å². The molecule has 5 nitrogen and oxygen atoms in total. The number of carbonyl (C=O) groups is 1. The zero-order chi connectivity index (χ0) is 11.7. The van der Waals surface area contributed by atoms with Crippen molar-refractivity contribution in [2.45, 2.75) is 38.6 Å². The smallest absolute Gasteiger partial charge is 0.233 e. The first-order valence-corrected chi connectivity index (χ1v) is 5.42. The second kappa shape index (κ2) is 8.64. The van der Waals surface area contributed by atoms with Crippen LogP contribution in [0.3, 0.4) is 0 Å². The lowest BCUT2D eigenvalue weighted by molar-refractivity contribution is -0.121. The summed E-state index contributed by atoms with van der Waals surface area (Å²) in [4.78, 5) is 12.9. The number of carbonyl (C=O) groups excluding carboxylic acids is 1. The molecule has 1 atom stereocenters. The first-order chi connectivity index (χ1) is 7.11. The molecule has 0 bridgehead atoms. The number of hydrazine groups is 1. The molecule has 0 spiro atoms. The number of nitrogens with two attached hydrogens (primary N) is 1. The normalized spacial score (nSPS) is 12.9. The third-order valence-corrected chi connectivity index (χ3v) is 2.59. The summed E-state index contributed by atoms with van der Waals surface area (Å²) in [5, 5.41) is 8.90. The van der Waals surface area contributed by atoms with Crippen molar-refractivity contribution < 1.29 is 9.90 Å². The SMILES string of the molecule is CC(CO)N(C)CCCCCC(=O)NN. The van der Waals surface area contributed by atoms with Gasteiger partial charge in [-0.2, -0.15) is 0 Å². The molecule has 0 saturated heterocycles. The Labute approximate surface area is 91.6 Å². The van der Waals surface area contributed by atoms with Gasteiger partial charge < -0.3 is 10.0 Å². The van der Waals surface area contributed by atoms with E-state index in [1.807, 2.05) is 14.0 Å². The summed E-state index contributed by atoms with van der Waals surface area (Å²) >= 11 is 0. The minimum atomic E-state index is -0.105. The third-order valence-electron chi connectivity index (χ3n) is 2.59. The van der Waals surface area contributed by atoms with Gasteiger partial charge >= 0.3 is 0 Å². The number of aliphatic hydroxyl groups excluding tert-OH is 1. The fraction of sp³-hybridized carbons (Fsp3) is 0.900. The zero-order valence-corrected chi connectivity index (χ0v) is 9.70. The van der Waals surface area contributed by atoms with Gasteiger partial charge in [0.15, 0.2) is 0 Å². The van der Waals surface area contributed by atoms with Crippen LogP contribution < -0.4 is 11.3 Å². The van der Waals surface area contributed by atoms with Gasteiger partial charge in [0.2, 0.25) is 5.91 Å². The van der Waals surface area contributed by atoms with Crippen molar-refractivity contribution in [3.8, 4) is 0 Å². The highest BCUT2D eigenvalue weighted by molar-refractivity contribution is 5.74. The molecule has 90 valence electrons. The van der Waals surface area contributed by atoms with Crippen LogP contribution in [0.2, 0.25) is 0 Å².